The van der Waals surface area contributed by atoms with Crippen molar-refractivity contribution >= 4 is 81.4 Å². The number of esters is 2. The SMILES string of the molecule is CCOC(=O)c1cc2c(c(Nc3ccc(Cl)cc3)n1)C=CC1=c3cc(C(=O)OCC)nc(Nc4ccc(Cl)cc4)c3=CC=C2C1. The summed E-state index contributed by atoms with van der Waals surface area (Å²) in [6.07, 6.45) is 8.48. The van der Waals surface area contributed by atoms with Crippen molar-refractivity contribution in [1.29, 1.82) is 0 Å². The van der Waals surface area contributed by atoms with Gasteiger partial charge in [-0.25, -0.2) is 19.6 Å². The molecule has 0 radical (unpaired) electrons. The van der Waals surface area contributed by atoms with Gasteiger partial charge in [0.15, 0.2) is 11.4 Å². The van der Waals surface area contributed by atoms with Crippen molar-refractivity contribution in [3.05, 3.63) is 116 Å². The molecule has 0 saturated heterocycles. The average molecular weight is 640 g/mol. The van der Waals surface area contributed by atoms with Crippen molar-refractivity contribution in [2.24, 2.45) is 0 Å². The number of hydrogen-bond donors (Lipinski definition) is 2. The van der Waals surface area contributed by atoms with Crippen LogP contribution in [0.3, 0.4) is 0 Å². The summed E-state index contributed by atoms with van der Waals surface area (Å²) in [6, 6.07) is 18.0. The lowest BCUT2D eigenvalue weighted by atomic mass is 9.97. The maximum Gasteiger partial charge on any atom is 0.357 e. The summed E-state index contributed by atoms with van der Waals surface area (Å²) in [5.74, 6) is -0.0459. The predicted octanol–water partition coefficient (Wildman–Crippen LogP) is 7.07. The average Bonchev–Trinajstić information content (AvgIpc) is 3.34. The highest BCUT2D eigenvalue weighted by molar-refractivity contribution is 6.31. The largest absolute Gasteiger partial charge is 0.461 e. The first kappa shape index (κ1) is 30.1. The molecule has 45 heavy (non-hydrogen) atoms. The third-order valence-corrected chi connectivity index (χ3v) is 7.78. The van der Waals surface area contributed by atoms with Crippen molar-refractivity contribution in [3.63, 3.8) is 0 Å². The van der Waals surface area contributed by atoms with Gasteiger partial charge in [-0.05, 0) is 103 Å². The van der Waals surface area contributed by atoms with Crippen molar-refractivity contribution in [2.45, 2.75) is 20.3 Å². The zero-order chi connectivity index (χ0) is 31.5. The fourth-order valence-electron chi connectivity index (χ4n) is 5.19. The van der Waals surface area contributed by atoms with Gasteiger partial charge in [-0.1, -0.05) is 47.5 Å². The molecule has 0 spiro atoms. The molecule has 0 unspecified atom stereocenters. The molecule has 4 aromatic rings. The maximum atomic E-state index is 12.9. The smallest absolute Gasteiger partial charge is 0.357 e. The van der Waals surface area contributed by atoms with Crippen LogP contribution in [0.2, 0.25) is 10.0 Å². The molecule has 0 amide bonds. The summed E-state index contributed by atoms with van der Waals surface area (Å²) in [6.45, 7) is 3.96. The van der Waals surface area contributed by atoms with Crippen LogP contribution in [0.5, 0.6) is 0 Å². The van der Waals surface area contributed by atoms with E-state index in [4.69, 9.17) is 32.7 Å². The summed E-state index contributed by atoms with van der Waals surface area (Å²) >= 11 is 12.2. The summed E-state index contributed by atoms with van der Waals surface area (Å²) < 4.78 is 10.6. The van der Waals surface area contributed by atoms with Gasteiger partial charge in [0, 0.05) is 32.2 Å². The topological polar surface area (TPSA) is 102 Å². The normalized spacial score (nSPS) is 12.9. The molecule has 0 fully saturated rings. The molecule has 2 heterocycles. The van der Waals surface area contributed by atoms with Crippen LogP contribution in [0.4, 0.5) is 23.0 Å². The van der Waals surface area contributed by atoms with Crippen LogP contribution in [0.15, 0.2) is 72.8 Å². The summed E-state index contributed by atoms with van der Waals surface area (Å²) in [5.41, 5.74) is 5.41. The number of benzene rings is 2. The Bertz CT molecular complexity index is 2000. The standard InChI is InChI=1S/C35H28Cl2N4O4/c1-3-44-34(42)30-18-28-20-5-16-27-29(19-31(35(43)45-4-2)41-33(27)39-25-13-9-23(37)10-14-25)21(17-20)6-15-26(28)32(40-30)38-24-11-7-22(36)8-12-24/h5-16,18-19H,3-4,17H2,1-2H3,(H,38,40)(H,39,41). The number of carbonyl (C=O) groups excluding carboxylic acids is 2. The lowest BCUT2D eigenvalue weighted by molar-refractivity contribution is 0.0510. The zero-order valence-electron chi connectivity index (χ0n) is 24.5. The van der Waals surface area contributed by atoms with Crippen LogP contribution < -0.4 is 21.1 Å². The molecule has 0 atom stereocenters. The number of halogens is 2. The molecule has 226 valence electrons. The molecule has 2 N–H and O–H groups in total. The van der Waals surface area contributed by atoms with Crippen LogP contribution in [0, 0.1) is 0 Å². The van der Waals surface area contributed by atoms with E-state index in [-0.39, 0.29) is 24.6 Å². The van der Waals surface area contributed by atoms with E-state index in [0.29, 0.717) is 28.1 Å². The minimum atomic E-state index is -0.517. The van der Waals surface area contributed by atoms with E-state index in [2.05, 4.69) is 20.6 Å². The Morgan fingerprint density at radius 3 is 1.91 bits per heavy atom. The molecule has 0 aliphatic heterocycles. The van der Waals surface area contributed by atoms with Gasteiger partial charge in [0.2, 0.25) is 0 Å². The maximum absolute atomic E-state index is 12.9. The second-order valence-electron chi connectivity index (χ2n) is 10.2. The van der Waals surface area contributed by atoms with E-state index >= 15 is 0 Å². The highest BCUT2D eigenvalue weighted by Crippen LogP contribution is 2.37. The summed E-state index contributed by atoms with van der Waals surface area (Å²) in [4.78, 5) is 35.2. The molecule has 6 rings (SSSR count). The van der Waals surface area contributed by atoms with Crippen LogP contribution in [-0.2, 0) is 9.47 Å². The van der Waals surface area contributed by atoms with Gasteiger partial charge in [-0.3, -0.25) is 0 Å². The molecule has 2 aliphatic carbocycles. The van der Waals surface area contributed by atoms with Gasteiger partial charge in [0.1, 0.15) is 11.6 Å². The number of ether oxygens (including phenoxy) is 2. The van der Waals surface area contributed by atoms with E-state index < -0.39 is 11.9 Å². The lowest BCUT2D eigenvalue weighted by Gasteiger charge is -2.16. The van der Waals surface area contributed by atoms with E-state index in [0.717, 1.165) is 44.1 Å². The Labute approximate surface area is 269 Å². The number of anilines is 4. The number of aromatic nitrogens is 2. The molecular formula is C35H28Cl2N4O4. The molecular weight excluding hydrogens is 611 g/mol. The van der Waals surface area contributed by atoms with E-state index in [1.54, 1.807) is 50.2 Å². The molecule has 2 aromatic carbocycles. The van der Waals surface area contributed by atoms with Crippen molar-refractivity contribution in [3.8, 4) is 0 Å². The number of pyridine rings is 2. The fraction of sp³-hybridized carbons (Fsp3) is 0.143. The molecule has 8 nitrogen and oxygen atoms in total. The molecule has 0 saturated carbocycles. The molecule has 10 heteroatoms. The highest BCUT2D eigenvalue weighted by atomic mass is 35.5. The minimum absolute atomic E-state index is 0.183. The monoisotopic (exact) mass is 638 g/mol. The van der Waals surface area contributed by atoms with E-state index in [1.165, 1.54) is 0 Å². The van der Waals surface area contributed by atoms with Crippen LogP contribution >= 0.6 is 23.2 Å². The predicted molar refractivity (Wildman–Crippen MR) is 179 cm³/mol. The van der Waals surface area contributed by atoms with Gasteiger partial charge in [-0.2, -0.15) is 0 Å². The number of nitrogens with zero attached hydrogens (tertiary/aromatic N) is 2. The first-order valence-corrected chi connectivity index (χ1v) is 15.2. The summed E-state index contributed by atoms with van der Waals surface area (Å²) in [7, 11) is 0. The Hall–Kier alpha value is -4.92. The zero-order valence-corrected chi connectivity index (χ0v) is 26.0. The fourth-order valence-corrected chi connectivity index (χ4v) is 5.44. The van der Waals surface area contributed by atoms with Crippen molar-refractivity contribution < 1.29 is 19.1 Å². The van der Waals surface area contributed by atoms with E-state index in [9.17, 15) is 9.59 Å². The van der Waals surface area contributed by atoms with Crippen LogP contribution in [0.25, 0.3) is 23.3 Å². The molecule has 2 aliphatic rings. The van der Waals surface area contributed by atoms with Gasteiger partial charge < -0.3 is 20.1 Å². The summed E-state index contributed by atoms with van der Waals surface area (Å²) in [5, 5.41) is 9.54. The second-order valence-corrected chi connectivity index (χ2v) is 11.1. The second kappa shape index (κ2) is 13.0. The van der Waals surface area contributed by atoms with Crippen molar-refractivity contribution in [1.82, 2.24) is 9.97 Å². The van der Waals surface area contributed by atoms with Gasteiger partial charge in [0.25, 0.3) is 0 Å². The number of fused-ring (bicyclic) bond motifs is 5. The minimum Gasteiger partial charge on any atom is -0.461 e. The van der Waals surface area contributed by atoms with Gasteiger partial charge in [0.05, 0.1) is 13.2 Å². The Morgan fingerprint density at radius 2 is 1.31 bits per heavy atom. The number of hydrogen-bond acceptors (Lipinski definition) is 8. The Morgan fingerprint density at radius 1 is 0.756 bits per heavy atom. The molecule has 2 bridgehead atoms. The Kier molecular flexibility index (Phi) is 8.69. The van der Waals surface area contributed by atoms with Crippen LogP contribution in [-0.4, -0.2) is 35.1 Å². The Balaban J connectivity index is 1.54. The third-order valence-electron chi connectivity index (χ3n) is 7.28. The number of nitrogens with one attached hydrogen (secondary N) is 2. The number of allylic oxidation sites excluding steroid dienone is 3. The van der Waals surface area contributed by atoms with Crippen molar-refractivity contribution in [2.75, 3.05) is 23.8 Å². The third kappa shape index (κ3) is 6.48. The number of rotatable bonds is 8. The molecule has 2 aromatic heterocycles. The van der Waals surface area contributed by atoms with Gasteiger partial charge in [-0.15, -0.1) is 0 Å². The quantitative estimate of drug-likeness (QED) is 0.198. The van der Waals surface area contributed by atoms with Crippen LogP contribution in [0.1, 0.15) is 52.4 Å². The first-order chi connectivity index (χ1) is 21.8. The first-order valence-electron chi connectivity index (χ1n) is 14.4. The van der Waals surface area contributed by atoms with E-state index in [1.807, 2.05) is 48.6 Å². The number of carbonyl (C=O) groups is 2. The van der Waals surface area contributed by atoms with Gasteiger partial charge >= 0.3 is 11.9 Å². The highest BCUT2D eigenvalue weighted by Gasteiger charge is 2.23. The lowest BCUT2D eigenvalue weighted by Crippen LogP contribution is -2.32.